The number of nitrogens with zero attached hydrogens (tertiary/aromatic N) is 3. The minimum Gasteiger partial charge on any atom is -0.497 e. The molecule has 0 spiro atoms. The summed E-state index contributed by atoms with van der Waals surface area (Å²) in [6.45, 7) is 1.69. The fourth-order valence-corrected chi connectivity index (χ4v) is 4.69. The summed E-state index contributed by atoms with van der Waals surface area (Å²) in [7, 11) is -2.16. The van der Waals surface area contributed by atoms with Crippen molar-refractivity contribution in [3.8, 4) is 11.8 Å². The number of ketones is 1. The lowest BCUT2D eigenvalue weighted by atomic mass is 10.1. The molecule has 0 aromatic heterocycles. The zero-order chi connectivity index (χ0) is 20.1. The van der Waals surface area contributed by atoms with Crippen molar-refractivity contribution >= 4 is 15.8 Å². The van der Waals surface area contributed by atoms with Crippen molar-refractivity contribution in [3.63, 3.8) is 0 Å². The molecule has 0 radical (unpaired) electrons. The van der Waals surface area contributed by atoms with E-state index in [1.807, 2.05) is 11.0 Å². The van der Waals surface area contributed by atoms with E-state index >= 15 is 0 Å². The van der Waals surface area contributed by atoms with Crippen LogP contribution in [0.5, 0.6) is 5.75 Å². The Balaban J connectivity index is 1.62. The zero-order valence-corrected chi connectivity index (χ0v) is 16.4. The molecule has 3 rings (SSSR count). The van der Waals surface area contributed by atoms with Gasteiger partial charge in [-0.25, -0.2) is 8.42 Å². The van der Waals surface area contributed by atoms with Crippen molar-refractivity contribution in [1.29, 1.82) is 5.26 Å². The van der Waals surface area contributed by atoms with Crippen LogP contribution in [0.2, 0.25) is 0 Å². The van der Waals surface area contributed by atoms with Crippen molar-refractivity contribution < 1.29 is 17.9 Å². The fraction of sp³-hybridized carbons (Fsp3) is 0.300. The summed E-state index contributed by atoms with van der Waals surface area (Å²) < 4.78 is 32.2. The quantitative estimate of drug-likeness (QED) is 0.688. The molecule has 1 fully saturated rings. The minimum absolute atomic E-state index is 0.0196. The highest BCUT2D eigenvalue weighted by molar-refractivity contribution is 7.89. The normalized spacial score (nSPS) is 15.7. The smallest absolute Gasteiger partial charge is 0.244 e. The predicted molar refractivity (Wildman–Crippen MR) is 104 cm³/mol. The molecule has 28 heavy (non-hydrogen) atoms. The molecule has 2 aromatic carbocycles. The van der Waals surface area contributed by atoms with Gasteiger partial charge in [0.1, 0.15) is 11.8 Å². The number of methoxy groups -OCH3 is 1. The third-order valence-corrected chi connectivity index (χ3v) is 6.69. The molecule has 0 aliphatic carbocycles. The van der Waals surface area contributed by atoms with Crippen LogP contribution in [0.3, 0.4) is 0 Å². The van der Waals surface area contributed by atoms with Crippen molar-refractivity contribution in [1.82, 2.24) is 9.21 Å². The Morgan fingerprint density at radius 2 is 1.71 bits per heavy atom. The summed E-state index contributed by atoms with van der Waals surface area (Å²) in [5.74, 6) is 0.668. The molecule has 0 bridgehead atoms. The third kappa shape index (κ3) is 4.22. The lowest BCUT2D eigenvalue weighted by molar-refractivity contribution is 0.0901. The van der Waals surface area contributed by atoms with E-state index in [4.69, 9.17) is 4.74 Å². The highest BCUT2D eigenvalue weighted by Gasteiger charge is 2.30. The van der Waals surface area contributed by atoms with E-state index in [2.05, 4.69) is 0 Å². The Labute approximate surface area is 164 Å². The van der Waals surface area contributed by atoms with E-state index < -0.39 is 10.0 Å². The Morgan fingerprint density at radius 1 is 1.07 bits per heavy atom. The van der Waals surface area contributed by atoms with Crippen LogP contribution in [0.1, 0.15) is 15.9 Å². The van der Waals surface area contributed by atoms with Crippen LogP contribution >= 0.6 is 0 Å². The van der Waals surface area contributed by atoms with Gasteiger partial charge in [-0.3, -0.25) is 9.69 Å². The van der Waals surface area contributed by atoms with Crippen molar-refractivity contribution in [3.05, 3.63) is 59.7 Å². The Morgan fingerprint density at radius 3 is 2.32 bits per heavy atom. The second-order valence-corrected chi connectivity index (χ2v) is 8.35. The maximum Gasteiger partial charge on any atom is 0.244 e. The number of hydrogen-bond acceptors (Lipinski definition) is 6. The second-order valence-electron chi connectivity index (χ2n) is 6.44. The first kappa shape index (κ1) is 20.0. The maximum absolute atomic E-state index is 12.9. The van der Waals surface area contributed by atoms with Gasteiger partial charge in [-0.15, -0.1) is 0 Å². The Bertz CT molecular complexity index is 989. The number of Topliss-reactive ketones (excluding diaryl/α,β-unsaturated/α-hetero) is 1. The monoisotopic (exact) mass is 399 g/mol. The molecule has 1 aliphatic heterocycles. The molecule has 1 aliphatic rings. The average molecular weight is 399 g/mol. The molecule has 2 aromatic rings. The number of carbonyl (C=O) groups excluding carboxylic acids is 1. The molecule has 8 heteroatoms. The molecular weight excluding hydrogens is 378 g/mol. The zero-order valence-electron chi connectivity index (χ0n) is 15.5. The Kier molecular flexibility index (Phi) is 6.09. The van der Waals surface area contributed by atoms with Gasteiger partial charge in [-0.2, -0.15) is 9.57 Å². The van der Waals surface area contributed by atoms with E-state index in [-0.39, 0.29) is 35.9 Å². The molecule has 0 N–H and O–H groups in total. The number of piperazine rings is 1. The largest absolute Gasteiger partial charge is 0.497 e. The summed E-state index contributed by atoms with van der Waals surface area (Å²) in [6.07, 6.45) is 0. The summed E-state index contributed by atoms with van der Waals surface area (Å²) >= 11 is 0. The van der Waals surface area contributed by atoms with Gasteiger partial charge >= 0.3 is 0 Å². The lowest BCUT2D eigenvalue weighted by Crippen LogP contribution is -2.49. The van der Waals surface area contributed by atoms with E-state index in [1.165, 1.54) is 16.4 Å². The van der Waals surface area contributed by atoms with Crippen LogP contribution in [0.15, 0.2) is 53.4 Å². The minimum atomic E-state index is -3.73. The van der Waals surface area contributed by atoms with Gasteiger partial charge in [-0.1, -0.05) is 12.1 Å². The first-order valence-corrected chi connectivity index (χ1v) is 10.3. The van der Waals surface area contributed by atoms with E-state index in [9.17, 15) is 18.5 Å². The van der Waals surface area contributed by atoms with Gasteiger partial charge in [0.25, 0.3) is 0 Å². The fourth-order valence-electron chi connectivity index (χ4n) is 3.12. The summed E-state index contributed by atoms with van der Waals surface area (Å²) in [4.78, 5) is 14.4. The maximum atomic E-state index is 12.9. The first-order valence-electron chi connectivity index (χ1n) is 8.84. The number of ether oxygens (including phenoxy) is 1. The van der Waals surface area contributed by atoms with Crippen molar-refractivity contribution in [2.24, 2.45) is 0 Å². The predicted octanol–water partition coefficient (Wildman–Crippen LogP) is 1.76. The summed E-state index contributed by atoms with van der Waals surface area (Å²) in [5.41, 5.74) is 0.735. The molecule has 1 heterocycles. The van der Waals surface area contributed by atoms with E-state index in [0.29, 0.717) is 24.4 Å². The topological polar surface area (TPSA) is 90.7 Å². The molecule has 0 atom stereocenters. The lowest BCUT2D eigenvalue weighted by Gasteiger charge is -2.33. The average Bonchev–Trinajstić information content (AvgIpc) is 2.74. The van der Waals surface area contributed by atoms with Crippen LogP contribution in [0, 0.1) is 11.3 Å². The molecule has 7 nitrogen and oxygen atoms in total. The van der Waals surface area contributed by atoms with E-state index in [1.54, 1.807) is 43.5 Å². The first-order chi connectivity index (χ1) is 13.5. The van der Waals surface area contributed by atoms with E-state index in [0.717, 1.165) is 0 Å². The SMILES string of the molecule is COc1ccc(C(=O)CN2CCN(S(=O)(=O)c3ccccc3C#N)CC2)cc1. The highest BCUT2D eigenvalue weighted by Crippen LogP contribution is 2.21. The molecule has 0 unspecified atom stereocenters. The number of sulfonamides is 1. The van der Waals surface area contributed by atoms with Gasteiger partial charge in [0, 0.05) is 31.7 Å². The number of benzene rings is 2. The third-order valence-electron chi connectivity index (χ3n) is 4.74. The van der Waals surface area contributed by atoms with Crippen molar-refractivity contribution in [2.75, 3.05) is 39.8 Å². The van der Waals surface area contributed by atoms with Crippen LogP contribution in [0.4, 0.5) is 0 Å². The molecule has 146 valence electrons. The standard InChI is InChI=1S/C20H21N3O4S/c1-27-18-8-6-16(7-9-18)19(24)15-22-10-12-23(13-11-22)28(25,26)20-5-3-2-4-17(20)14-21/h2-9H,10-13,15H2,1H3. The molecular formula is C20H21N3O4S. The molecule has 1 saturated heterocycles. The number of nitriles is 1. The molecule has 0 amide bonds. The summed E-state index contributed by atoms with van der Waals surface area (Å²) in [6, 6.07) is 15.1. The van der Waals surface area contributed by atoms with Crippen LogP contribution in [0.25, 0.3) is 0 Å². The van der Waals surface area contributed by atoms with Gasteiger partial charge in [-0.05, 0) is 36.4 Å². The number of rotatable bonds is 6. The number of carbonyl (C=O) groups is 1. The van der Waals surface area contributed by atoms with Gasteiger partial charge < -0.3 is 4.74 Å². The summed E-state index contributed by atoms with van der Waals surface area (Å²) in [5, 5.41) is 9.18. The van der Waals surface area contributed by atoms with Crippen LogP contribution < -0.4 is 4.74 Å². The molecule has 0 saturated carbocycles. The van der Waals surface area contributed by atoms with Gasteiger partial charge in [0.05, 0.1) is 24.1 Å². The van der Waals surface area contributed by atoms with Crippen LogP contribution in [-0.2, 0) is 10.0 Å². The second kappa shape index (κ2) is 8.52. The van der Waals surface area contributed by atoms with Crippen molar-refractivity contribution in [2.45, 2.75) is 4.90 Å². The van der Waals surface area contributed by atoms with Gasteiger partial charge in [0.15, 0.2) is 5.78 Å². The number of hydrogen-bond donors (Lipinski definition) is 0. The highest BCUT2D eigenvalue weighted by atomic mass is 32.2. The van der Waals surface area contributed by atoms with Gasteiger partial charge in [0.2, 0.25) is 10.0 Å². The van der Waals surface area contributed by atoms with Crippen LogP contribution in [-0.4, -0.2) is 63.2 Å². The Hall–Kier alpha value is -2.73.